The van der Waals surface area contributed by atoms with Crippen molar-refractivity contribution in [3.8, 4) is 95.7 Å². The largest absolute Gasteiger partial charge is 0.457 e. The standard InChI is InChI=1S/C59H38N4O.C55H36N2O/c1-5-19-39(20-6-1)42-33-34-53-48(35-42)59(46-28-14-17-31-56(46)64-57-32-18-15-29-47(57)59)49-36-45-44-27-13-16-30-52(44)62(43-25-11-4-12-26-43)54(45)38-55(49)63(53)58-60-50(40-21-7-2-8-22-40)37-51(61-58)41-23-9-3-10-24-41;1-4-17-37(18-5-1)40-31-32-48-47(36-40)55(44-23-10-14-29-52(44)58-53-30-15-11-24-45(53)55)46-25-16-28-51-54(46)57(48)50-27-13-12-26-49(50)56(51)43-34-41(38-19-6-2-7-20-38)33-42(35-43)39-21-8-3-9-22-39/h1-38H;1-36H. The summed E-state index contributed by atoms with van der Waals surface area (Å²) in [7, 11) is 0. The van der Waals surface area contributed by atoms with E-state index in [-0.39, 0.29) is 0 Å². The number of aromatic nitrogens is 3. The molecule has 0 amide bonds. The van der Waals surface area contributed by atoms with E-state index in [4.69, 9.17) is 19.4 Å². The number of ether oxygens (including phenoxy) is 2. The number of para-hydroxylation sites is 9. The van der Waals surface area contributed by atoms with Gasteiger partial charge >= 0.3 is 0 Å². The molecule has 0 atom stereocenters. The van der Waals surface area contributed by atoms with Gasteiger partial charge in [-0.15, -0.1) is 0 Å². The van der Waals surface area contributed by atoms with Crippen molar-refractivity contribution >= 4 is 73.3 Å². The van der Waals surface area contributed by atoms with E-state index in [1.165, 1.54) is 55.6 Å². The van der Waals surface area contributed by atoms with E-state index in [1.807, 2.05) is 12.1 Å². The molecular weight excluding hydrogens is 1490 g/mol. The lowest BCUT2D eigenvalue weighted by Crippen LogP contribution is -2.41. The van der Waals surface area contributed by atoms with Crippen LogP contribution in [-0.4, -0.2) is 14.5 Å². The van der Waals surface area contributed by atoms with Crippen molar-refractivity contribution in [1.82, 2.24) is 14.5 Å². The summed E-state index contributed by atoms with van der Waals surface area (Å²) >= 11 is 0. The van der Waals surface area contributed by atoms with Gasteiger partial charge in [-0.1, -0.05) is 328 Å². The second kappa shape index (κ2) is 28.3. The molecule has 0 saturated carbocycles. The van der Waals surface area contributed by atoms with Gasteiger partial charge in [-0.05, 0) is 188 Å². The lowest BCUT2D eigenvalue weighted by atomic mass is 9.60. The third kappa shape index (κ3) is 10.9. The van der Waals surface area contributed by atoms with Crippen LogP contribution in [0.1, 0.15) is 44.5 Å². The third-order valence-electron chi connectivity index (χ3n) is 25.2. The predicted molar refractivity (Wildman–Crippen MR) is 497 cm³/mol. The average molecular weight is 1560 g/mol. The molecule has 8 heteroatoms. The van der Waals surface area contributed by atoms with Gasteiger partial charge in [0.25, 0.3) is 0 Å². The van der Waals surface area contributed by atoms with E-state index in [9.17, 15) is 0 Å². The molecule has 0 aliphatic carbocycles. The van der Waals surface area contributed by atoms with Crippen molar-refractivity contribution in [3.05, 3.63) is 493 Å². The third-order valence-corrected chi connectivity index (χ3v) is 25.2. The monoisotopic (exact) mass is 1560 g/mol. The smallest absolute Gasteiger partial charge is 0.235 e. The van der Waals surface area contributed by atoms with Gasteiger partial charge in [0, 0.05) is 55.5 Å². The van der Waals surface area contributed by atoms with Crippen LogP contribution in [0.15, 0.2) is 449 Å². The minimum Gasteiger partial charge on any atom is -0.457 e. The van der Waals surface area contributed by atoms with E-state index < -0.39 is 10.8 Å². The highest BCUT2D eigenvalue weighted by atomic mass is 16.5. The number of anilines is 9. The van der Waals surface area contributed by atoms with Gasteiger partial charge in [-0.25, -0.2) is 9.97 Å². The Morgan fingerprint density at radius 1 is 0.197 bits per heavy atom. The van der Waals surface area contributed by atoms with Crippen LogP contribution in [0.5, 0.6) is 23.0 Å². The molecule has 2 aromatic heterocycles. The van der Waals surface area contributed by atoms with E-state index in [0.717, 1.165) is 152 Å². The van der Waals surface area contributed by atoms with Crippen molar-refractivity contribution in [2.24, 2.45) is 0 Å². The number of hydrogen-bond donors (Lipinski definition) is 0. The Balaban J connectivity index is 0.000000139. The maximum Gasteiger partial charge on any atom is 0.235 e. The molecule has 25 rings (SSSR count). The molecule has 0 bridgehead atoms. The highest BCUT2D eigenvalue weighted by molar-refractivity contribution is 6.13. The fraction of sp³-hybridized carbons (Fsp3) is 0.0175. The summed E-state index contributed by atoms with van der Waals surface area (Å²) in [5.41, 5.74) is 32.7. The first-order valence-electron chi connectivity index (χ1n) is 41.7. The first kappa shape index (κ1) is 70.1. The van der Waals surface area contributed by atoms with Crippen molar-refractivity contribution in [1.29, 1.82) is 0 Å². The molecule has 7 heterocycles. The molecule has 0 radical (unpaired) electrons. The van der Waals surface area contributed by atoms with E-state index >= 15 is 0 Å². The summed E-state index contributed by atoms with van der Waals surface area (Å²) in [4.78, 5) is 18.4. The summed E-state index contributed by atoms with van der Waals surface area (Å²) in [6, 6.07) is 161. The maximum absolute atomic E-state index is 6.87. The van der Waals surface area contributed by atoms with Crippen molar-refractivity contribution < 1.29 is 9.47 Å². The molecule has 572 valence electrons. The molecular formula is C114H74N6O2. The lowest BCUT2D eigenvalue weighted by molar-refractivity contribution is 0.434. The maximum atomic E-state index is 6.87. The summed E-state index contributed by atoms with van der Waals surface area (Å²) in [6.45, 7) is 0. The summed E-state index contributed by atoms with van der Waals surface area (Å²) in [6.07, 6.45) is 0. The topological polar surface area (TPSA) is 58.9 Å². The Morgan fingerprint density at radius 2 is 0.574 bits per heavy atom. The second-order valence-corrected chi connectivity index (χ2v) is 31.8. The number of benzene rings is 18. The predicted octanol–water partition coefficient (Wildman–Crippen LogP) is 29.6. The van der Waals surface area contributed by atoms with Gasteiger partial charge in [0.2, 0.25) is 5.95 Å². The Hall–Kier alpha value is -16.2. The molecule has 0 N–H and O–H groups in total. The van der Waals surface area contributed by atoms with Crippen molar-refractivity contribution in [2.45, 2.75) is 10.8 Å². The summed E-state index contributed by atoms with van der Waals surface area (Å²) < 4.78 is 16.0. The van der Waals surface area contributed by atoms with Crippen LogP contribution in [0.2, 0.25) is 0 Å². The molecule has 122 heavy (non-hydrogen) atoms. The molecule has 0 unspecified atom stereocenters. The van der Waals surface area contributed by atoms with E-state index in [2.05, 4.69) is 456 Å². The number of hydrogen-bond acceptors (Lipinski definition) is 7. The van der Waals surface area contributed by atoms with Gasteiger partial charge in [0.15, 0.2) is 0 Å². The Kier molecular flexibility index (Phi) is 16.3. The minimum atomic E-state index is -0.819. The molecule has 5 aliphatic heterocycles. The first-order valence-corrected chi connectivity index (χ1v) is 41.7. The average Bonchev–Trinajstić information content (AvgIpc) is 0.768. The van der Waals surface area contributed by atoms with Gasteiger partial charge in [0.1, 0.15) is 23.0 Å². The number of nitrogens with zero attached hydrogens (tertiary/aromatic N) is 6. The van der Waals surface area contributed by atoms with Crippen LogP contribution in [0.25, 0.3) is 94.5 Å². The molecule has 0 fully saturated rings. The van der Waals surface area contributed by atoms with Gasteiger partial charge < -0.3 is 23.8 Å². The zero-order valence-corrected chi connectivity index (χ0v) is 66.2. The highest BCUT2D eigenvalue weighted by Gasteiger charge is 2.55. The van der Waals surface area contributed by atoms with Crippen LogP contribution in [0.4, 0.5) is 51.4 Å². The Morgan fingerprint density at radius 3 is 1.07 bits per heavy atom. The number of rotatable bonds is 9. The summed E-state index contributed by atoms with van der Waals surface area (Å²) in [5, 5.41) is 2.34. The number of fused-ring (bicyclic) bond motifs is 21. The quantitative estimate of drug-likeness (QED) is 0.143. The van der Waals surface area contributed by atoms with Crippen LogP contribution in [-0.2, 0) is 10.8 Å². The Labute approximate surface area is 707 Å². The molecule has 5 aliphatic rings. The molecule has 0 saturated heterocycles. The normalized spacial score (nSPS) is 13.5. The molecule has 2 spiro atoms. The van der Waals surface area contributed by atoms with Crippen LogP contribution < -0.4 is 24.2 Å². The molecule has 8 nitrogen and oxygen atoms in total. The zero-order valence-electron chi connectivity index (χ0n) is 66.2. The van der Waals surface area contributed by atoms with Crippen molar-refractivity contribution in [2.75, 3.05) is 14.7 Å². The fourth-order valence-electron chi connectivity index (χ4n) is 20.1. The van der Waals surface area contributed by atoms with Crippen molar-refractivity contribution in [3.63, 3.8) is 0 Å². The van der Waals surface area contributed by atoms with Crippen LogP contribution in [0, 0.1) is 0 Å². The van der Waals surface area contributed by atoms with Crippen LogP contribution >= 0.6 is 0 Å². The SMILES string of the molecule is c1ccc(-c2cc(-c3ccccc3)cc(N3c4ccccc4N4c5ccc(-c6ccccc6)cc5C5(c6ccccc6Oc6ccccc65)c5cccc3c54)c2)cc1.c1ccc(-c2ccc3c(c2)C2(c4ccccc4Oc4ccccc42)c2cc4c5ccccc5n(-c5ccccc5)c4cc2N3c2nc(-c3ccccc3)cc(-c3ccccc3)n2)cc1. The lowest BCUT2D eigenvalue weighted by Gasteiger charge is -2.52. The zero-order chi connectivity index (χ0) is 80.4. The summed E-state index contributed by atoms with van der Waals surface area (Å²) in [5.74, 6) is 3.99. The molecule has 20 aromatic rings. The van der Waals surface area contributed by atoms with Gasteiger partial charge in [-0.3, -0.25) is 4.90 Å². The van der Waals surface area contributed by atoms with Gasteiger partial charge in [0.05, 0.1) is 73.1 Å². The van der Waals surface area contributed by atoms with E-state index in [0.29, 0.717) is 5.95 Å². The highest BCUT2D eigenvalue weighted by Crippen LogP contribution is 2.69. The van der Waals surface area contributed by atoms with Gasteiger partial charge in [-0.2, -0.15) is 0 Å². The second-order valence-electron chi connectivity index (χ2n) is 31.8. The minimum absolute atomic E-state index is 0.584. The van der Waals surface area contributed by atoms with E-state index in [1.54, 1.807) is 0 Å². The molecule has 18 aromatic carbocycles. The first-order chi connectivity index (χ1) is 60.5. The Bertz CT molecular complexity index is 7320. The fourth-order valence-corrected chi connectivity index (χ4v) is 20.1. The van der Waals surface area contributed by atoms with Crippen LogP contribution in [0.3, 0.4) is 0 Å².